The van der Waals surface area contributed by atoms with Crippen molar-refractivity contribution in [1.82, 2.24) is 5.32 Å². The van der Waals surface area contributed by atoms with Crippen LogP contribution in [0, 0.1) is 0 Å². The molecule has 1 aliphatic carbocycles. The van der Waals surface area contributed by atoms with Gasteiger partial charge in [0.25, 0.3) is 0 Å². The second-order valence-electron chi connectivity index (χ2n) is 5.88. The summed E-state index contributed by atoms with van der Waals surface area (Å²) in [6, 6.07) is 11.2. The number of rotatable bonds is 4. The molecule has 1 aromatic carbocycles. The number of hydrogen-bond acceptors (Lipinski definition) is 3. The van der Waals surface area contributed by atoms with Gasteiger partial charge >= 0.3 is 0 Å². The Morgan fingerprint density at radius 3 is 2.85 bits per heavy atom. The Morgan fingerprint density at radius 2 is 2.10 bits per heavy atom. The van der Waals surface area contributed by atoms with Gasteiger partial charge in [-0.25, -0.2) is 0 Å². The maximum atomic E-state index is 10.5. The van der Waals surface area contributed by atoms with Crippen molar-refractivity contribution in [2.75, 3.05) is 6.54 Å². The Morgan fingerprint density at radius 1 is 1.30 bits per heavy atom. The highest BCUT2D eigenvalue weighted by Gasteiger charge is 2.26. The lowest BCUT2D eigenvalue weighted by atomic mass is 9.88. The van der Waals surface area contributed by atoms with Crippen molar-refractivity contribution in [3.05, 3.63) is 57.8 Å². The quantitative estimate of drug-likeness (QED) is 0.905. The molecule has 0 radical (unpaired) electrons. The van der Waals surface area contributed by atoms with Gasteiger partial charge in [-0.2, -0.15) is 11.3 Å². The van der Waals surface area contributed by atoms with Crippen LogP contribution in [0.2, 0.25) is 0 Å². The van der Waals surface area contributed by atoms with Gasteiger partial charge in [-0.05, 0) is 59.7 Å². The lowest BCUT2D eigenvalue weighted by Crippen LogP contribution is -2.43. The fraction of sp³-hybridized carbons (Fsp3) is 0.412. The molecule has 2 N–H and O–H groups in total. The molecule has 0 bridgehead atoms. The van der Waals surface area contributed by atoms with Crippen molar-refractivity contribution in [1.29, 1.82) is 0 Å². The second kappa shape index (κ2) is 5.68. The van der Waals surface area contributed by atoms with E-state index in [-0.39, 0.29) is 0 Å². The Hall–Kier alpha value is -1.16. The van der Waals surface area contributed by atoms with E-state index in [4.69, 9.17) is 0 Å². The highest BCUT2D eigenvalue weighted by Crippen LogP contribution is 2.24. The molecule has 0 amide bonds. The van der Waals surface area contributed by atoms with E-state index in [1.165, 1.54) is 11.1 Å². The van der Waals surface area contributed by atoms with Gasteiger partial charge in [-0.15, -0.1) is 0 Å². The average molecular weight is 287 g/mol. The van der Waals surface area contributed by atoms with E-state index in [2.05, 4.69) is 29.6 Å². The number of hydrogen-bond donors (Lipinski definition) is 2. The first-order valence-corrected chi connectivity index (χ1v) is 8.15. The maximum Gasteiger partial charge on any atom is 0.1000 e. The topological polar surface area (TPSA) is 32.3 Å². The first-order valence-electron chi connectivity index (χ1n) is 7.20. The van der Waals surface area contributed by atoms with Gasteiger partial charge in [0.2, 0.25) is 0 Å². The van der Waals surface area contributed by atoms with Crippen LogP contribution in [0.5, 0.6) is 0 Å². The summed E-state index contributed by atoms with van der Waals surface area (Å²) in [6.07, 6.45) is 3.35. The summed E-state index contributed by atoms with van der Waals surface area (Å²) >= 11 is 1.63. The smallest absolute Gasteiger partial charge is 0.1000 e. The van der Waals surface area contributed by atoms with Crippen LogP contribution >= 0.6 is 11.3 Å². The number of benzene rings is 1. The van der Waals surface area contributed by atoms with E-state index >= 15 is 0 Å². The SMILES string of the molecule is CC(O)(CNC1CCc2ccccc2C1)c1ccsc1. The van der Waals surface area contributed by atoms with Crippen LogP contribution in [-0.2, 0) is 18.4 Å². The minimum atomic E-state index is -0.781. The Labute approximate surface area is 124 Å². The normalized spacial score (nSPS) is 21.2. The molecule has 20 heavy (non-hydrogen) atoms. The third-order valence-corrected chi connectivity index (χ3v) is 4.91. The molecular formula is C17H21NOS. The van der Waals surface area contributed by atoms with Crippen LogP contribution < -0.4 is 5.32 Å². The van der Waals surface area contributed by atoms with E-state index in [1.54, 1.807) is 11.3 Å². The number of fused-ring (bicyclic) bond motifs is 1. The lowest BCUT2D eigenvalue weighted by molar-refractivity contribution is 0.0537. The fourth-order valence-corrected chi connectivity index (χ4v) is 3.67. The Kier molecular flexibility index (Phi) is 3.92. The van der Waals surface area contributed by atoms with Crippen LogP contribution in [0.15, 0.2) is 41.1 Å². The Bertz CT molecular complexity index is 562. The van der Waals surface area contributed by atoms with Gasteiger partial charge in [0.15, 0.2) is 0 Å². The van der Waals surface area contributed by atoms with E-state index < -0.39 is 5.60 Å². The van der Waals surface area contributed by atoms with Crippen molar-refractivity contribution in [2.24, 2.45) is 0 Å². The van der Waals surface area contributed by atoms with Crippen LogP contribution in [0.25, 0.3) is 0 Å². The minimum absolute atomic E-state index is 0.468. The second-order valence-corrected chi connectivity index (χ2v) is 6.66. The molecule has 1 heterocycles. The maximum absolute atomic E-state index is 10.5. The summed E-state index contributed by atoms with van der Waals surface area (Å²) < 4.78 is 0. The Balaban J connectivity index is 1.60. The number of aliphatic hydroxyl groups is 1. The highest BCUT2D eigenvalue weighted by atomic mass is 32.1. The van der Waals surface area contributed by atoms with Gasteiger partial charge < -0.3 is 10.4 Å². The highest BCUT2D eigenvalue weighted by molar-refractivity contribution is 7.08. The zero-order chi connectivity index (χ0) is 14.0. The molecule has 2 unspecified atom stereocenters. The summed E-state index contributed by atoms with van der Waals surface area (Å²) in [5, 5.41) is 18.1. The number of nitrogens with one attached hydrogen (secondary N) is 1. The third-order valence-electron chi connectivity index (χ3n) is 4.22. The lowest BCUT2D eigenvalue weighted by Gasteiger charge is -2.30. The summed E-state index contributed by atoms with van der Waals surface area (Å²) in [4.78, 5) is 0. The largest absolute Gasteiger partial charge is 0.384 e. The molecule has 3 rings (SSSR count). The summed E-state index contributed by atoms with van der Waals surface area (Å²) in [5.41, 5.74) is 3.16. The van der Waals surface area contributed by atoms with E-state index in [0.717, 1.165) is 24.8 Å². The van der Waals surface area contributed by atoms with Crippen LogP contribution in [0.4, 0.5) is 0 Å². The molecule has 0 saturated carbocycles. The van der Waals surface area contributed by atoms with E-state index in [9.17, 15) is 5.11 Å². The zero-order valence-electron chi connectivity index (χ0n) is 11.8. The van der Waals surface area contributed by atoms with Crippen LogP contribution in [-0.4, -0.2) is 17.7 Å². The number of thiophene rings is 1. The van der Waals surface area contributed by atoms with Gasteiger partial charge in [0.1, 0.15) is 0 Å². The zero-order valence-corrected chi connectivity index (χ0v) is 12.6. The molecule has 106 valence electrons. The minimum Gasteiger partial charge on any atom is -0.384 e. The molecule has 2 aromatic rings. The molecule has 0 spiro atoms. The predicted molar refractivity (Wildman–Crippen MR) is 84.1 cm³/mol. The standard InChI is InChI=1S/C17H21NOS/c1-17(19,15-8-9-20-11-15)12-18-16-7-6-13-4-2-3-5-14(13)10-16/h2-5,8-9,11,16,18-19H,6-7,10,12H2,1H3. The predicted octanol–water partition coefficient (Wildman–Crippen LogP) is 3.10. The molecule has 1 aromatic heterocycles. The molecule has 1 aliphatic rings. The summed E-state index contributed by atoms with van der Waals surface area (Å²) in [5.74, 6) is 0. The molecule has 0 aliphatic heterocycles. The van der Waals surface area contributed by atoms with E-state index in [0.29, 0.717) is 12.6 Å². The number of aryl methyl sites for hydroxylation is 1. The average Bonchev–Trinajstić information content (AvgIpc) is 3.00. The van der Waals surface area contributed by atoms with Crippen molar-refractivity contribution in [2.45, 2.75) is 37.8 Å². The monoisotopic (exact) mass is 287 g/mol. The van der Waals surface area contributed by atoms with Crippen molar-refractivity contribution >= 4 is 11.3 Å². The molecular weight excluding hydrogens is 266 g/mol. The molecule has 0 saturated heterocycles. The van der Waals surface area contributed by atoms with Crippen LogP contribution in [0.3, 0.4) is 0 Å². The van der Waals surface area contributed by atoms with Crippen molar-refractivity contribution < 1.29 is 5.11 Å². The van der Waals surface area contributed by atoms with Gasteiger partial charge in [-0.1, -0.05) is 24.3 Å². The van der Waals surface area contributed by atoms with Gasteiger partial charge in [0.05, 0.1) is 5.60 Å². The van der Waals surface area contributed by atoms with Crippen LogP contribution in [0.1, 0.15) is 30.0 Å². The third kappa shape index (κ3) is 2.95. The van der Waals surface area contributed by atoms with Gasteiger partial charge in [-0.3, -0.25) is 0 Å². The van der Waals surface area contributed by atoms with Gasteiger partial charge in [0, 0.05) is 12.6 Å². The fourth-order valence-electron chi connectivity index (χ4n) is 2.89. The molecule has 2 atom stereocenters. The van der Waals surface area contributed by atoms with Crippen molar-refractivity contribution in [3.8, 4) is 0 Å². The first kappa shape index (κ1) is 13.8. The molecule has 3 heteroatoms. The molecule has 2 nitrogen and oxygen atoms in total. The summed E-state index contributed by atoms with van der Waals surface area (Å²) in [7, 11) is 0. The summed E-state index contributed by atoms with van der Waals surface area (Å²) in [6.45, 7) is 2.50. The van der Waals surface area contributed by atoms with Crippen molar-refractivity contribution in [3.63, 3.8) is 0 Å². The van der Waals surface area contributed by atoms with E-state index in [1.807, 2.05) is 23.8 Å². The first-order chi connectivity index (χ1) is 9.65. The molecule has 0 fully saturated rings.